The zero-order valence-corrected chi connectivity index (χ0v) is 12.6. The van der Waals surface area contributed by atoms with Crippen LogP contribution in [0.5, 0.6) is 0 Å². The topological polar surface area (TPSA) is 73.1 Å². The van der Waals surface area contributed by atoms with Crippen molar-refractivity contribution >= 4 is 5.97 Å². The Kier molecular flexibility index (Phi) is 4.43. The molecule has 1 saturated heterocycles. The van der Waals surface area contributed by atoms with Gasteiger partial charge in [0.05, 0.1) is 19.3 Å². The van der Waals surface area contributed by atoms with Crippen LogP contribution in [0.15, 0.2) is 30.3 Å². The van der Waals surface area contributed by atoms with Crippen LogP contribution < -0.4 is 0 Å². The Morgan fingerprint density at radius 2 is 2.14 bits per heavy atom. The molecule has 1 aliphatic rings. The van der Waals surface area contributed by atoms with Crippen LogP contribution in [-0.4, -0.2) is 50.8 Å². The second-order valence-electron chi connectivity index (χ2n) is 5.35. The van der Waals surface area contributed by atoms with Crippen molar-refractivity contribution in [2.24, 2.45) is 0 Å². The van der Waals surface area contributed by atoms with Crippen LogP contribution >= 0.6 is 0 Å². The number of benzene rings is 1. The summed E-state index contributed by atoms with van der Waals surface area (Å²) >= 11 is 0. The molecule has 0 aliphatic carbocycles. The number of hydrogen-bond donors (Lipinski definition) is 0. The van der Waals surface area contributed by atoms with Crippen LogP contribution in [0.25, 0.3) is 5.69 Å². The summed E-state index contributed by atoms with van der Waals surface area (Å²) in [6.45, 7) is 1.38. The molecule has 2 aromatic rings. The average molecular weight is 301 g/mol. The number of nitrogens with zero attached hydrogens (tertiary/aromatic N) is 5. The van der Waals surface area contributed by atoms with E-state index in [0.29, 0.717) is 6.54 Å². The van der Waals surface area contributed by atoms with Crippen LogP contribution in [0.4, 0.5) is 0 Å². The van der Waals surface area contributed by atoms with Gasteiger partial charge in [0.15, 0.2) is 5.82 Å². The van der Waals surface area contributed by atoms with Crippen LogP contribution in [0.2, 0.25) is 0 Å². The molecule has 116 valence electrons. The molecule has 0 spiro atoms. The van der Waals surface area contributed by atoms with Crippen molar-refractivity contribution < 1.29 is 9.53 Å². The molecule has 1 aromatic heterocycles. The van der Waals surface area contributed by atoms with Crippen LogP contribution in [-0.2, 0) is 16.1 Å². The highest BCUT2D eigenvalue weighted by molar-refractivity contribution is 5.75. The molecule has 0 unspecified atom stereocenters. The van der Waals surface area contributed by atoms with E-state index < -0.39 is 0 Å². The molecule has 7 heteroatoms. The van der Waals surface area contributed by atoms with E-state index in [2.05, 4.69) is 20.4 Å². The number of aromatic nitrogens is 4. The fourth-order valence-electron chi connectivity index (χ4n) is 2.84. The molecule has 0 amide bonds. The predicted molar refractivity (Wildman–Crippen MR) is 79.2 cm³/mol. The maximum atomic E-state index is 11.9. The molecule has 0 radical (unpaired) electrons. The lowest BCUT2D eigenvalue weighted by Gasteiger charge is -2.33. The Labute approximate surface area is 128 Å². The second kappa shape index (κ2) is 6.65. The van der Waals surface area contributed by atoms with Gasteiger partial charge in [-0.3, -0.25) is 9.69 Å². The third kappa shape index (κ3) is 2.99. The number of esters is 1. The Balaban J connectivity index is 1.81. The average Bonchev–Trinajstić information content (AvgIpc) is 3.03. The van der Waals surface area contributed by atoms with Crippen molar-refractivity contribution in [3.63, 3.8) is 0 Å². The summed E-state index contributed by atoms with van der Waals surface area (Å²) in [6.07, 6.45) is 2.93. The number of piperidine rings is 1. The van der Waals surface area contributed by atoms with E-state index in [1.165, 1.54) is 7.11 Å². The highest BCUT2D eigenvalue weighted by Gasteiger charge is 2.30. The van der Waals surface area contributed by atoms with E-state index >= 15 is 0 Å². The van der Waals surface area contributed by atoms with Gasteiger partial charge < -0.3 is 4.74 Å². The number of carbonyl (C=O) groups excluding carboxylic acids is 1. The van der Waals surface area contributed by atoms with Gasteiger partial charge in [0.1, 0.15) is 6.04 Å². The quantitative estimate of drug-likeness (QED) is 0.790. The summed E-state index contributed by atoms with van der Waals surface area (Å²) in [5.74, 6) is 0.542. The lowest BCUT2D eigenvalue weighted by Crippen LogP contribution is -2.45. The molecule has 0 saturated carbocycles. The minimum Gasteiger partial charge on any atom is -0.468 e. The van der Waals surface area contributed by atoms with Gasteiger partial charge in [-0.1, -0.05) is 24.6 Å². The normalized spacial score (nSPS) is 19.0. The second-order valence-corrected chi connectivity index (χ2v) is 5.35. The molecular weight excluding hydrogens is 282 g/mol. The van der Waals surface area contributed by atoms with E-state index in [1.807, 2.05) is 30.3 Å². The Morgan fingerprint density at radius 1 is 1.32 bits per heavy atom. The van der Waals surface area contributed by atoms with Crippen LogP contribution in [0, 0.1) is 0 Å². The molecule has 0 bridgehead atoms. The molecule has 1 aliphatic heterocycles. The van der Waals surface area contributed by atoms with Crippen molar-refractivity contribution in [2.45, 2.75) is 31.8 Å². The number of tetrazole rings is 1. The zero-order chi connectivity index (χ0) is 15.4. The van der Waals surface area contributed by atoms with Crippen molar-refractivity contribution in [3.05, 3.63) is 36.2 Å². The molecular formula is C15H19N5O2. The van der Waals surface area contributed by atoms with Gasteiger partial charge in [-0.05, 0) is 41.9 Å². The Bertz CT molecular complexity index is 628. The Hall–Kier alpha value is -2.28. The predicted octanol–water partition coefficient (Wildman–Crippen LogP) is 1.19. The first-order chi connectivity index (χ1) is 10.8. The lowest BCUT2D eigenvalue weighted by molar-refractivity contribution is -0.148. The summed E-state index contributed by atoms with van der Waals surface area (Å²) in [5.41, 5.74) is 0.911. The fourth-order valence-corrected chi connectivity index (χ4v) is 2.84. The summed E-state index contributed by atoms with van der Waals surface area (Å²) in [6, 6.07) is 9.53. The third-order valence-electron chi connectivity index (χ3n) is 3.97. The lowest BCUT2D eigenvalue weighted by atomic mass is 10.0. The maximum absolute atomic E-state index is 11.9. The molecule has 22 heavy (non-hydrogen) atoms. The smallest absolute Gasteiger partial charge is 0.323 e. The van der Waals surface area contributed by atoms with Gasteiger partial charge in [0.25, 0.3) is 0 Å². The van der Waals surface area contributed by atoms with Gasteiger partial charge in [-0.2, -0.15) is 4.68 Å². The van der Waals surface area contributed by atoms with Crippen molar-refractivity contribution in [2.75, 3.05) is 13.7 Å². The first kappa shape index (κ1) is 14.6. The van der Waals surface area contributed by atoms with Crippen molar-refractivity contribution in [1.82, 2.24) is 25.1 Å². The largest absolute Gasteiger partial charge is 0.468 e. The van der Waals surface area contributed by atoms with Crippen molar-refractivity contribution in [3.8, 4) is 5.69 Å². The SMILES string of the molecule is COC(=O)[C@@H]1CCCCN1Cc1nnnn1-c1ccccc1. The molecule has 1 fully saturated rings. The van der Waals surface area contributed by atoms with Crippen molar-refractivity contribution in [1.29, 1.82) is 0 Å². The van der Waals surface area contributed by atoms with Gasteiger partial charge in [-0.15, -0.1) is 5.10 Å². The Morgan fingerprint density at radius 3 is 2.91 bits per heavy atom. The first-order valence-electron chi connectivity index (χ1n) is 7.44. The summed E-state index contributed by atoms with van der Waals surface area (Å²) in [5, 5.41) is 11.9. The number of para-hydroxylation sites is 1. The highest BCUT2D eigenvalue weighted by Crippen LogP contribution is 2.20. The third-order valence-corrected chi connectivity index (χ3v) is 3.97. The van der Waals surface area contributed by atoms with E-state index in [-0.39, 0.29) is 12.0 Å². The fraction of sp³-hybridized carbons (Fsp3) is 0.467. The number of likely N-dealkylation sites (tertiary alicyclic amines) is 1. The number of methoxy groups -OCH3 is 1. The summed E-state index contributed by atoms with van der Waals surface area (Å²) < 4.78 is 6.63. The monoisotopic (exact) mass is 301 g/mol. The van der Waals surface area contributed by atoms with E-state index in [1.54, 1.807) is 4.68 Å². The van der Waals surface area contributed by atoms with Gasteiger partial charge in [-0.25, -0.2) is 0 Å². The minimum absolute atomic E-state index is 0.182. The molecule has 7 nitrogen and oxygen atoms in total. The number of ether oxygens (including phenoxy) is 1. The molecule has 2 heterocycles. The van der Waals surface area contributed by atoms with Gasteiger partial charge >= 0.3 is 5.97 Å². The van der Waals surface area contributed by atoms with E-state index in [9.17, 15) is 4.79 Å². The van der Waals surface area contributed by atoms with Crippen LogP contribution in [0.3, 0.4) is 0 Å². The van der Waals surface area contributed by atoms with Gasteiger partial charge in [0, 0.05) is 0 Å². The highest BCUT2D eigenvalue weighted by atomic mass is 16.5. The number of rotatable bonds is 4. The van der Waals surface area contributed by atoms with E-state index in [4.69, 9.17) is 4.74 Å². The van der Waals surface area contributed by atoms with E-state index in [0.717, 1.165) is 37.3 Å². The minimum atomic E-state index is -0.209. The summed E-state index contributed by atoms with van der Waals surface area (Å²) in [7, 11) is 1.43. The number of carbonyl (C=O) groups is 1. The summed E-state index contributed by atoms with van der Waals surface area (Å²) in [4.78, 5) is 14.0. The molecule has 1 aromatic carbocycles. The van der Waals surface area contributed by atoms with Gasteiger partial charge in [0.2, 0.25) is 0 Å². The maximum Gasteiger partial charge on any atom is 0.323 e. The molecule has 1 atom stereocenters. The zero-order valence-electron chi connectivity index (χ0n) is 12.6. The molecule has 3 rings (SSSR count). The standard InChI is InChI=1S/C15H19N5O2/c1-22-15(21)13-9-5-6-10-19(13)11-14-16-17-18-20(14)12-7-3-2-4-8-12/h2-4,7-8,13H,5-6,9-11H2,1H3/t13-/m0/s1. The first-order valence-corrected chi connectivity index (χ1v) is 7.44. The van der Waals surface area contributed by atoms with Crippen LogP contribution in [0.1, 0.15) is 25.1 Å². The molecule has 0 N–H and O–H groups in total. The number of hydrogen-bond acceptors (Lipinski definition) is 6.